The highest BCUT2D eigenvalue weighted by Crippen LogP contribution is 2.61. The van der Waals surface area contributed by atoms with Crippen LogP contribution in [0.3, 0.4) is 0 Å². The fourth-order valence-corrected chi connectivity index (χ4v) is 8.46. The summed E-state index contributed by atoms with van der Waals surface area (Å²) < 4.78 is 0. The monoisotopic (exact) mass is 592 g/mol. The molecule has 0 amide bonds. The van der Waals surface area contributed by atoms with Crippen LogP contribution in [-0.2, 0) is 12.8 Å². The third-order valence-electron chi connectivity index (χ3n) is 12.1. The quantitative estimate of drug-likeness (QED) is 0.267. The molecule has 7 rings (SSSR count). The molecule has 6 heteroatoms. The zero-order chi connectivity index (χ0) is 31.6. The Kier molecular flexibility index (Phi) is 6.32. The van der Waals surface area contributed by atoms with Crippen LogP contribution in [0.25, 0.3) is 21.5 Å². The fraction of sp³-hybridized carbons (Fsp3) is 0.474. The number of anilines is 4. The van der Waals surface area contributed by atoms with Gasteiger partial charge in [0.15, 0.2) is 0 Å². The molecule has 0 saturated heterocycles. The van der Waals surface area contributed by atoms with Gasteiger partial charge in [-0.15, -0.1) is 0 Å². The average molecular weight is 593 g/mol. The third-order valence-corrected chi connectivity index (χ3v) is 12.1. The molecule has 6 nitrogen and oxygen atoms in total. The van der Waals surface area contributed by atoms with Crippen molar-refractivity contribution in [3.8, 4) is 0 Å². The van der Waals surface area contributed by atoms with Crippen LogP contribution in [0.4, 0.5) is 22.7 Å². The van der Waals surface area contributed by atoms with Crippen molar-refractivity contribution in [2.45, 2.75) is 89.8 Å². The van der Waals surface area contributed by atoms with Crippen molar-refractivity contribution in [2.75, 3.05) is 47.8 Å². The molecule has 0 spiro atoms. The van der Waals surface area contributed by atoms with E-state index in [0.29, 0.717) is 0 Å². The van der Waals surface area contributed by atoms with Crippen molar-refractivity contribution in [1.82, 2.24) is 0 Å². The Morgan fingerprint density at radius 2 is 0.932 bits per heavy atom. The van der Waals surface area contributed by atoms with Gasteiger partial charge in [0.25, 0.3) is 0 Å². The number of aliphatic hydroxyl groups is 2. The molecular weight excluding hydrogens is 544 g/mol. The van der Waals surface area contributed by atoms with Crippen LogP contribution in [0.5, 0.6) is 0 Å². The van der Waals surface area contributed by atoms with Gasteiger partial charge >= 0.3 is 0 Å². The van der Waals surface area contributed by atoms with E-state index in [-0.39, 0.29) is 11.3 Å². The Morgan fingerprint density at radius 1 is 0.568 bits per heavy atom. The number of aliphatic hydroxyl groups excluding tert-OH is 2. The summed E-state index contributed by atoms with van der Waals surface area (Å²) in [6.07, 6.45) is 0.368. The molecule has 1 fully saturated rings. The number of rotatable bonds is 4. The Labute approximate surface area is 262 Å². The molecule has 232 valence electrons. The van der Waals surface area contributed by atoms with E-state index in [0.717, 1.165) is 57.5 Å². The van der Waals surface area contributed by atoms with Crippen LogP contribution >= 0.6 is 0 Å². The van der Waals surface area contributed by atoms with Gasteiger partial charge in [-0.3, -0.25) is 0 Å². The fourth-order valence-electron chi connectivity index (χ4n) is 8.46. The van der Waals surface area contributed by atoms with Gasteiger partial charge in [-0.2, -0.15) is 0 Å². The van der Waals surface area contributed by atoms with E-state index in [2.05, 4.69) is 138 Å². The highest BCUT2D eigenvalue weighted by atomic mass is 16.3. The second-order valence-corrected chi connectivity index (χ2v) is 14.3. The molecule has 4 aromatic carbocycles. The summed E-state index contributed by atoms with van der Waals surface area (Å²) >= 11 is 0. The molecule has 1 saturated carbocycles. The molecule has 4 aromatic rings. The predicted molar refractivity (Wildman–Crippen MR) is 186 cm³/mol. The van der Waals surface area contributed by atoms with Gasteiger partial charge < -0.3 is 29.8 Å². The molecule has 44 heavy (non-hydrogen) atoms. The summed E-state index contributed by atoms with van der Waals surface area (Å²) in [5, 5.41) is 29.5. The first-order valence-electron chi connectivity index (χ1n) is 16.3. The minimum atomic E-state index is -0.741. The van der Waals surface area contributed by atoms with E-state index >= 15 is 0 Å². The maximum atomic E-state index is 12.4. The van der Waals surface area contributed by atoms with E-state index in [9.17, 15) is 10.2 Å². The minimum Gasteiger partial charge on any atom is -0.392 e. The van der Waals surface area contributed by atoms with Crippen LogP contribution in [0, 0.1) is 0 Å². The Balaban J connectivity index is 1.46. The molecule has 3 aliphatic rings. The van der Waals surface area contributed by atoms with Crippen LogP contribution in [0.2, 0.25) is 0 Å². The first-order valence-corrected chi connectivity index (χ1v) is 16.3. The summed E-state index contributed by atoms with van der Waals surface area (Å²) in [6, 6.07) is 17.7. The number of nitrogens with zero attached hydrogens (tertiary/aromatic N) is 4. The van der Waals surface area contributed by atoms with Crippen molar-refractivity contribution in [3.63, 3.8) is 0 Å². The molecular formula is C38H48N4O2. The second-order valence-electron chi connectivity index (χ2n) is 14.3. The molecule has 2 heterocycles. The van der Waals surface area contributed by atoms with Crippen LogP contribution < -0.4 is 19.6 Å². The average Bonchev–Trinajstić information content (AvgIpc) is 3.29. The van der Waals surface area contributed by atoms with Crippen LogP contribution in [-0.4, -0.2) is 61.9 Å². The molecule has 1 aliphatic carbocycles. The zero-order valence-corrected chi connectivity index (χ0v) is 28.0. The van der Waals surface area contributed by atoms with Crippen LogP contribution in [0.15, 0.2) is 48.5 Å². The van der Waals surface area contributed by atoms with Gasteiger partial charge in [-0.25, -0.2) is 0 Å². The van der Waals surface area contributed by atoms with Gasteiger partial charge in [0, 0.05) is 40.0 Å². The van der Waals surface area contributed by atoms with E-state index in [1.165, 1.54) is 21.9 Å². The van der Waals surface area contributed by atoms with Crippen molar-refractivity contribution in [3.05, 3.63) is 70.8 Å². The number of hydrogen-bond acceptors (Lipinski definition) is 6. The molecule has 0 aromatic heterocycles. The van der Waals surface area contributed by atoms with Crippen molar-refractivity contribution in [2.24, 2.45) is 0 Å². The SMILES string of the molecule is CCc1cccc2c(C3C(O)C(c4c5c(cc6c(CC)cccc46)N(C)C(C)(C)N5C)C3O)c3c(cc12)N(C)C(C)(C)N3C. The maximum absolute atomic E-state index is 12.4. The van der Waals surface area contributed by atoms with E-state index in [1.54, 1.807) is 0 Å². The smallest absolute Gasteiger partial charge is 0.106 e. The number of fused-ring (bicyclic) bond motifs is 4. The Hall–Kier alpha value is -3.48. The lowest BCUT2D eigenvalue weighted by Crippen LogP contribution is -2.53. The first-order chi connectivity index (χ1) is 20.8. The van der Waals surface area contributed by atoms with E-state index < -0.39 is 24.0 Å². The molecule has 0 bridgehead atoms. The number of benzene rings is 4. The van der Waals surface area contributed by atoms with E-state index in [4.69, 9.17) is 0 Å². The predicted octanol–water partition coefficient (Wildman–Crippen LogP) is 6.96. The van der Waals surface area contributed by atoms with Crippen LogP contribution in [0.1, 0.15) is 75.6 Å². The van der Waals surface area contributed by atoms with Crippen molar-refractivity contribution in [1.29, 1.82) is 0 Å². The van der Waals surface area contributed by atoms with Gasteiger partial charge in [0.2, 0.25) is 0 Å². The summed E-state index contributed by atoms with van der Waals surface area (Å²) in [7, 11) is 8.60. The molecule has 0 atom stereocenters. The summed E-state index contributed by atoms with van der Waals surface area (Å²) in [4.78, 5) is 9.33. The van der Waals surface area contributed by atoms with E-state index in [1.807, 2.05) is 0 Å². The highest BCUT2D eigenvalue weighted by molar-refractivity contribution is 6.03. The summed E-state index contributed by atoms with van der Waals surface area (Å²) in [6.45, 7) is 13.3. The second kappa shape index (κ2) is 9.51. The number of hydrogen-bond donors (Lipinski definition) is 2. The van der Waals surface area contributed by atoms with Crippen molar-refractivity contribution >= 4 is 44.3 Å². The summed E-state index contributed by atoms with van der Waals surface area (Å²) in [5.41, 5.74) is 8.79. The third kappa shape index (κ3) is 3.50. The molecule has 2 N–H and O–H groups in total. The lowest BCUT2D eigenvalue weighted by atomic mass is 9.61. The maximum Gasteiger partial charge on any atom is 0.106 e. The van der Waals surface area contributed by atoms with Crippen molar-refractivity contribution < 1.29 is 10.2 Å². The van der Waals surface area contributed by atoms with Gasteiger partial charge in [-0.05, 0) is 96.5 Å². The minimum absolute atomic E-state index is 0.244. The lowest BCUT2D eigenvalue weighted by molar-refractivity contribution is -0.0772. The lowest BCUT2D eigenvalue weighted by Gasteiger charge is -2.49. The molecule has 0 unspecified atom stereocenters. The van der Waals surface area contributed by atoms with Gasteiger partial charge in [-0.1, -0.05) is 50.2 Å². The Morgan fingerprint density at radius 3 is 1.27 bits per heavy atom. The first kappa shape index (κ1) is 29.2. The standard InChI is InChI=1S/C38H48N4O2/c1-11-21-15-13-17-23-25(21)19-27-33(41(9)37(3,4)39(27)7)29(23)31-35(43)32(36(31)44)30-24-18-14-16-22(12-2)26(24)20-28-34(30)42(10)38(5,6)40(28)8/h13-20,31-32,35-36,43-44H,11-12H2,1-10H3. The highest BCUT2D eigenvalue weighted by Gasteiger charge is 2.56. The zero-order valence-electron chi connectivity index (χ0n) is 28.0. The molecule has 0 radical (unpaired) electrons. The largest absolute Gasteiger partial charge is 0.392 e. The Bertz CT molecular complexity index is 1690. The topological polar surface area (TPSA) is 53.4 Å². The number of aryl methyl sites for hydroxylation is 2. The normalized spacial score (nSPS) is 25.2. The molecule has 2 aliphatic heterocycles. The van der Waals surface area contributed by atoms with Gasteiger partial charge in [0.05, 0.1) is 35.0 Å². The van der Waals surface area contributed by atoms with Gasteiger partial charge in [0.1, 0.15) is 11.3 Å². The summed E-state index contributed by atoms with van der Waals surface area (Å²) in [5.74, 6) is -0.820.